The maximum atomic E-state index is 12.4. The fraction of sp³-hybridized carbons (Fsp3) is 0.222. The second-order valence-electron chi connectivity index (χ2n) is 5.56. The first-order valence-electron chi connectivity index (χ1n) is 7.54. The molecule has 0 bridgehead atoms. The van der Waals surface area contributed by atoms with Gasteiger partial charge in [0.15, 0.2) is 5.75 Å². The van der Waals surface area contributed by atoms with E-state index in [9.17, 15) is 9.59 Å². The molecule has 0 aromatic heterocycles. The summed E-state index contributed by atoms with van der Waals surface area (Å²) < 4.78 is 5.63. The van der Waals surface area contributed by atoms with E-state index in [1.54, 1.807) is 42.5 Å². The summed E-state index contributed by atoms with van der Waals surface area (Å²) in [4.78, 5) is 26.1. The number of imide groups is 1. The molecule has 0 aliphatic carbocycles. The Morgan fingerprint density at radius 2 is 1.50 bits per heavy atom. The molecule has 124 valence electrons. The van der Waals surface area contributed by atoms with Gasteiger partial charge < -0.3 is 4.74 Å². The van der Waals surface area contributed by atoms with Crippen LogP contribution in [0.5, 0.6) is 5.75 Å². The summed E-state index contributed by atoms with van der Waals surface area (Å²) in [7, 11) is 0. The lowest BCUT2D eigenvalue weighted by Crippen LogP contribution is -2.38. The van der Waals surface area contributed by atoms with Crippen LogP contribution in [-0.2, 0) is 0 Å². The number of halogens is 2. The molecule has 24 heavy (non-hydrogen) atoms. The molecule has 4 nitrogen and oxygen atoms in total. The first kappa shape index (κ1) is 16.8. The molecule has 0 N–H and O–H groups in total. The van der Waals surface area contributed by atoms with E-state index in [1.165, 1.54) is 4.90 Å². The van der Waals surface area contributed by atoms with Crippen LogP contribution >= 0.6 is 23.2 Å². The molecule has 3 rings (SSSR count). The van der Waals surface area contributed by atoms with E-state index in [0.29, 0.717) is 33.3 Å². The molecule has 2 aromatic rings. The normalized spacial score (nSPS) is 14.7. The van der Waals surface area contributed by atoms with Gasteiger partial charge in [-0.15, -0.1) is 0 Å². The summed E-state index contributed by atoms with van der Waals surface area (Å²) in [5.74, 6) is -0.117. The van der Waals surface area contributed by atoms with Crippen molar-refractivity contribution in [1.82, 2.24) is 4.90 Å². The zero-order valence-electron chi connectivity index (χ0n) is 13.0. The quantitative estimate of drug-likeness (QED) is 0.737. The van der Waals surface area contributed by atoms with Gasteiger partial charge in [-0.25, -0.2) is 0 Å². The first-order valence-corrected chi connectivity index (χ1v) is 8.30. The number of hydrogen-bond donors (Lipinski definition) is 0. The molecule has 1 atom stereocenters. The molecule has 2 aromatic carbocycles. The van der Waals surface area contributed by atoms with E-state index in [-0.39, 0.29) is 24.5 Å². The molecule has 0 saturated heterocycles. The fourth-order valence-corrected chi connectivity index (χ4v) is 3.20. The smallest absolute Gasteiger partial charge is 0.261 e. The highest BCUT2D eigenvalue weighted by atomic mass is 35.5. The van der Waals surface area contributed by atoms with Crippen molar-refractivity contribution in [1.29, 1.82) is 0 Å². The minimum atomic E-state index is -0.293. The van der Waals surface area contributed by atoms with Crippen LogP contribution in [0.3, 0.4) is 0 Å². The summed E-state index contributed by atoms with van der Waals surface area (Å²) in [6.07, 6.45) is 0.479. The molecule has 6 heteroatoms. The van der Waals surface area contributed by atoms with Crippen LogP contribution in [0.2, 0.25) is 10.0 Å². The van der Waals surface area contributed by atoms with Gasteiger partial charge >= 0.3 is 0 Å². The van der Waals surface area contributed by atoms with E-state index in [1.807, 2.05) is 6.92 Å². The molecule has 0 saturated carbocycles. The Hall–Kier alpha value is -2.04. The summed E-state index contributed by atoms with van der Waals surface area (Å²) in [6, 6.07) is 11.7. The predicted octanol–water partition coefficient (Wildman–Crippen LogP) is 4.45. The number of fused-ring (bicyclic) bond motifs is 1. The average Bonchev–Trinajstić information content (AvgIpc) is 2.82. The number of carbonyl (C=O) groups excluding carboxylic acids is 2. The zero-order valence-corrected chi connectivity index (χ0v) is 14.5. The third-order valence-corrected chi connectivity index (χ3v) is 4.56. The highest BCUT2D eigenvalue weighted by Gasteiger charge is 2.37. The van der Waals surface area contributed by atoms with E-state index < -0.39 is 0 Å². The van der Waals surface area contributed by atoms with Crippen molar-refractivity contribution in [3.63, 3.8) is 0 Å². The molecular weight excluding hydrogens is 349 g/mol. The number of nitrogens with zero attached hydrogens (tertiary/aromatic N) is 1. The average molecular weight is 364 g/mol. The maximum Gasteiger partial charge on any atom is 0.261 e. The molecule has 1 aliphatic rings. The van der Waals surface area contributed by atoms with Gasteiger partial charge in [0.2, 0.25) is 0 Å². The molecule has 1 heterocycles. The predicted molar refractivity (Wildman–Crippen MR) is 93.0 cm³/mol. The Bertz CT molecular complexity index is 751. The highest BCUT2D eigenvalue weighted by Crippen LogP contribution is 2.32. The zero-order chi connectivity index (χ0) is 17.3. The van der Waals surface area contributed by atoms with Crippen LogP contribution in [0, 0.1) is 0 Å². The molecule has 0 radical (unpaired) electrons. The van der Waals surface area contributed by atoms with E-state index in [4.69, 9.17) is 27.9 Å². The first-order chi connectivity index (χ1) is 11.5. The van der Waals surface area contributed by atoms with Crippen LogP contribution in [0.4, 0.5) is 0 Å². The third kappa shape index (κ3) is 2.99. The summed E-state index contributed by atoms with van der Waals surface area (Å²) in [5.41, 5.74) is 0.897. The van der Waals surface area contributed by atoms with Crippen molar-refractivity contribution in [3.8, 4) is 5.75 Å². The van der Waals surface area contributed by atoms with Crippen LogP contribution in [0.25, 0.3) is 0 Å². The number of hydrogen-bond acceptors (Lipinski definition) is 3. The third-order valence-electron chi connectivity index (χ3n) is 3.97. The van der Waals surface area contributed by atoms with Crippen molar-refractivity contribution >= 4 is 35.0 Å². The Morgan fingerprint density at radius 3 is 2.04 bits per heavy atom. The van der Waals surface area contributed by atoms with Crippen LogP contribution < -0.4 is 4.74 Å². The standard InChI is InChI=1S/C18H15Cl2NO3/c1-11(9-10-24-16-14(19)7-4-8-15(16)20)21-17(22)12-5-2-3-6-13(12)18(21)23/h2-8,11H,9-10H2,1H3/t11-/m1/s1. The van der Waals surface area contributed by atoms with Gasteiger partial charge in [-0.1, -0.05) is 41.4 Å². The Kier molecular flexibility index (Phi) is 4.78. The van der Waals surface area contributed by atoms with Gasteiger partial charge in [0.1, 0.15) is 0 Å². The summed E-state index contributed by atoms with van der Waals surface area (Å²) >= 11 is 12.1. The van der Waals surface area contributed by atoms with Crippen molar-refractivity contribution in [2.75, 3.05) is 6.61 Å². The summed E-state index contributed by atoms with van der Waals surface area (Å²) in [6.45, 7) is 2.11. The highest BCUT2D eigenvalue weighted by molar-refractivity contribution is 6.37. The molecule has 0 spiro atoms. The number of rotatable bonds is 5. The van der Waals surface area contributed by atoms with Crippen molar-refractivity contribution in [2.45, 2.75) is 19.4 Å². The number of amides is 2. The van der Waals surface area contributed by atoms with Gasteiger partial charge in [-0.05, 0) is 31.2 Å². The molecule has 0 unspecified atom stereocenters. The van der Waals surface area contributed by atoms with Crippen LogP contribution in [0.15, 0.2) is 42.5 Å². The minimum Gasteiger partial charge on any atom is -0.490 e. The number of para-hydroxylation sites is 1. The van der Waals surface area contributed by atoms with Gasteiger partial charge in [-0.3, -0.25) is 14.5 Å². The van der Waals surface area contributed by atoms with Crippen molar-refractivity contribution in [3.05, 3.63) is 63.6 Å². The molecule has 0 fully saturated rings. The summed E-state index contributed by atoms with van der Waals surface area (Å²) in [5, 5.41) is 0.853. The van der Waals surface area contributed by atoms with Gasteiger partial charge in [0, 0.05) is 12.5 Å². The van der Waals surface area contributed by atoms with E-state index in [0.717, 1.165) is 0 Å². The van der Waals surface area contributed by atoms with Gasteiger partial charge in [-0.2, -0.15) is 0 Å². The van der Waals surface area contributed by atoms with Crippen LogP contribution in [-0.4, -0.2) is 29.4 Å². The maximum absolute atomic E-state index is 12.4. The lowest BCUT2D eigenvalue weighted by molar-refractivity contribution is 0.0579. The lowest BCUT2D eigenvalue weighted by Gasteiger charge is -2.22. The van der Waals surface area contributed by atoms with Crippen molar-refractivity contribution < 1.29 is 14.3 Å². The Balaban J connectivity index is 1.65. The number of carbonyl (C=O) groups is 2. The molecule has 2 amide bonds. The van der Waals surface area contributed by atoms with Crippen LogP contribution in [0.1, 0.15) is 34.1 Å². The molecular formula is C18H15Cl2NO3. The Morgan fingerprint density at radius 1 is 0.958 bits per heavy atom. The SMILES string of the molecule is C[C@H](CCOc1c(Cl)cccc1Cl)N1C(=O)c2ccccc2C1=O. The number of ether oxygens (including phenoxy) is 1. The Labute approximate surface area is 149 Å². The van der Waals surface area contributed by atoms with E-state index >= 15 is 0 Å². The van der Waals surface area contributed by atoms with Gasteiger partial charge in [0.25, 0.3) is 11.8 Å². The van der Waals surface area contributed by atoms with Crippen molar-refractivity contribution in [2.24, 2.45) is 0 Å². The lowest BCUT2D eigenvalue weighted by atomic mass is 10.1. The molecule has 1 aliphatic heterocycles. The number of benzene rings is 2. The monoisotopic (exact) mass is 363 g/mol. The van der Waals surface area contributed by atoms with E-state index in [2.05, 4.69) is 0 Å². The fourth-order valence-electron chi connectivity index (χ4n) is 2.69. The second kappa shape index (κ2) is 6.83. The van der Waals surface area contributed by atoms with Gasteiger partial charge in [0.05, 0.1) is 27.8 Å². The second-order valence-corrected chi connectivity index (χ2v) is 6.38. The minimum absolute atomic E-state index is 0.265. The topological polar surface area (TPSA) is 46.6 Å². The largest absolute Gasteiger partial charge is 0.490 e.